The number of piperidine rings is 1. The van der Waals surface area contributed by atoms with Crippen LogP contribution in [-0.4, -0.2) is 30.7 Å². The lowest BCUT2D eigenvalue weighted by molar-refractivity contribution is 0.0249. The van der Waals surface area contributed by atoms with Crippen LogP contribution >= 0.6 is 11.6 Å². The summed E-state index contributed by atoms with van der Waals surface area (Å²) < 4.78 is 5.36. The highest BCUT2D eigenvalue weighted by Gasteiger charge is 2.30. The smallest absolute Gasteiger partial charge is 0.0621 e. The van der Waals surface area contributed by atoms with Crippen LogP contribution in [0.4, 0.5) is 0 Å². The summed E-state index contributed by atoms with van der Waals surface area (Å²) in [5, 5.41) is 3.85. The third-order valence-electron chi connectivity index (χ3n) is 2.19. The second kappa shape index (κ2) is 2.68. The van der Waals surface area contributed by atoms with Crippen molar-refractivity contribution in [3.8, 4) is 0 Å². The Balaban J connectivity index is 1.98. The summed E-state index contributed by atoms with van der Waals surface area (Å²) in [6, 6.07) is 1.05. The Morgan fingerprint density at radius 1 is 1.20 bits per heavy atom. The molecule has 1 N–H and O–H groups in total. The van der Waals surface area contributed by atoms with E-state index in [1.165, 1.54) is 0 Å². The molecule has 2 aliphatic heterocycles. The Labute approximate surface area is 65.9 Å². The summed E-state index contributed by atoms with van der Waals surface area (Å²) >= 11 is 6.02. The zero-order chi connectivity index (χ0) is 6.97. The van der Waals surface area contributed by atoms with Crippen LogP contribution in [0.15, 0.2) is 0 Å². The molecule has 2 saturated heterocycles. The lowest BCUT2D eigenvalue weighted by Crippen LogP contribution is -2.54. The molecule has 2 heterocycles. The molecule has 0 aromatic heterocycles. The Hall–Kier alpha value is 0.210. The number of halogens is 1. The van der Waals surface area contributed by atoms with E-state index in [0.29, 0.717) is 17.5 Å². The van der Waals surface area contributed by atoms with Gasteiger partial charge in [0.25, 0.3) is 0 Å². The fraction of sp³-hybridized carbons (Fsp3) is 1.00. The first-order valence-electron chi connectivity index (χ1n) is 3.82. The van der Waals surface area contributed by atoms with Gasteiger partial charge in [0, 0.05) is 17.5 Å². The van der Waals surface area contributed by atoms with E-state index in [9.17, 15) is 0 Å². The summed E-state index contributed by atoms with van der Waals surface area (Å²) in [7, 11) is 0. The molecule has 0 aromatic carbocycles. The third kappa shape index (κ3) is 1.29. The first kappa shape index (κ1) is 6.89. The van der Waals surface area contributed by atoms with Gasteiger partial charge in [0.1, 0.15) is 0 Å². The predicted molar refractivity (Wildman–Crippen MR) is 40.4 cm³/mol. The van der Waals surface area contributed by atoms with E-state index in [0.717, 1.165) is 26.1 Å². The van der Waals surface area contributed by atoms with Crippen LogP contribution in [0.25, 0.3) is 0 Å². The Kier molecular flexibility index (Phi) is 1.85. The molecule has 2 aliphatic rings. The number of hydrogen-bond acceptors (Lipinski definition) is 2. The van der Waals surface area contributed by atoms with Crippen LogP contribution in [0.2, 0.25) is 0 Å². The van der Waals surface area contributed by atoms with Gasteiger partial charge in [-0.25, -0.2) is 0 Å². The van der Waals surface area contributed by atoms with Gasteiger partial charge in [-0.2, -0.15) is 0 Å². The van der Waals surface area contributed by atoms with Gasteiger partial charge >= 0.3 is 0 Å². The number of alkyl halides is 1. The molecule has 2 bridgehead atoms. The van der Waals surface area contributed by atoms with Crippen molar-refractivity contribution >= 4 is 11.6 Å². The van der Waals surface area contributed by atoms with Crippen molar-refractivity contribution in [1.82, 2.24) is 5.32 Å². The van der Waals surface area contributed by atoms with Gasteiger partial charge in [-0.15, -0.1) is 11.6 Å². The second-order valence-electron chi connectivity index (χ2n) is 3.17. The van der Waals surface area contributed by atoms with Crippen LogP contribution in [0.3, 0.4) is 0 Å². The Morgan fingerprint density at radius 2 is 1.80 bits per heavy atom. The molecule has 3 heteroatoms. The number of fused-ring (bicyclic) bond motifs is 2. The Morgan fingerprint density at radius 3 is 2.40 bits per heavy atom. The molecule has 0 spiro atoms. The van der Waals surface area contributed by atoms with Crippen molar-refractivity contribution in [2.75, 3.05) is 13.2 Å². The van der Waals surface area contributed by atoms with E-state index >= 15 is 0 Å². The zero-order valence-electron chi connectivity index (χ0n) is 5.85. The second-order valence-corrected chi connectivity index (χ2v) is 3.78. The molecule has 58 valence electrons. The molecule has 0 saturated carbocycles. The normalized spacial score (nSPS) is 47.1. The standard InChI is InChI=1S/C7H12ClNO/c8-5-1-6-3-10-4-7(2-5)9-6/h5-7,9H,1-4H2. The molecular weight excluding hydrogens is 150 g/mol. The van der Waals surface area contributed by atoms with E-state index < -0.39 is 0 Å². The van der Waals surface area contributed by atoms with Gasteiger partial charge in [-0.1, -0.05) is 0 Å². The van der Waals surface area contributed by atoms with E-state index in [-0.39, 0.29) is 0 Å². The summed E-state index contributed by atoms with van der Waals surface area (Å²) in [6.07, 6.45) is 2.14. The first-order chi connectivity index (χ1) is 4.84. The quantitative estimate of drug-likeness (QED) is 0.530. The highest BCUT2D eigenvalue weighted by molar-refractivity contribution is 6.20. The average molecular weight is 162 g/mol. The minimum atomic E-state index is 0.375. The molecular formula is C7H12ClNO. The van der Waals surface area contributed by atoms with Gasteiger partial charge in [0.05, 0.1) is 13.2 Å². The highest BCUT2D eigenvalue weighted by atomic mass is 35.5. The summed E-state index contributed by atoms with van der Waals surface area (Å²) in [5.74, 6) is 0. The molecule has 0 aromatic rings. The highest BCUT2D eigenvalue weighted by Crippen LogP contribution is 2.22. The lowest BCUT2D eigenvalue weighted by Gasteiger charge is -2.37. The maximum absolute atomic E-state index is 6.02. The van der Waals surface area contributed by atoms with Crippen molar-refractivity contribution in [3.05, 3.63) is 0 Å². The van der Waals surface area contributed by atoms with Crippen LogP contribution in [-0.2, 0) is 4.74 Å². The fourth-order valence-corrected chi connectivity index (χ4v) is 2.20. The topological polar surface area (TPSA) is 21.3 Å². The minimum absolute atomic E-state index is 0.375. The zero-order valence-corrected chi connectivity index (χ0v) is 6.60. The van der Waals surface area contributed by atoms with Crippen molar-refractivity contribution in [1.29, 1.82) is 0 Å². The largest absolute Gasteiger partial charge is 0.378 e. The number of nitrogens with one attached hydrogen (secondary N) is 1. The Bertz CT molecular complexity index is 115. The SMILES string of the molecule is ClC1CC2COCC(C1)N2. The van der Waals surface area contributed by atoms with Gasteiger partial charge in [0.15, 0.2) is 0 Å². The average Bonchev–Trinajstić information content (AvgIpc) is 1.85. The number of morpholine rings is 1. The van der Waals surface area contributed by atoms with Crippen LogP contribution in [0, 0.1) is 0 Å². The summed E-state index contributed by atoms with van der Waals surface area (Å²) in [6.45, 7) is 1.69. The summed E-state index contributed by atoms with van der Waals surface area (Å²) in [5.41, 5.74) is 0. The van der Waals surface area contributed by atoms with Crippen molar-refractivity contribution in [2.45, 2.75) is 30.3 Å². The van der Waals surface area contributed by atoms with E-state index in [2.05, 4.69) is 5.32 Å². The van der Waals surface area contributed by atoms with Crippen LogP contribution in [0.1, 0.15) is 12.8 Å². The van der Waals surface area contributed by atoms with Crippen LogP contribution < -0.4 is 5.32 Å². The maximum Gasteiger partial charge on any atom is 0.0621 e. The molecule has 2 atom stereocenters. The third-order valence-corrected chi connectivity index (χ3v) is 2.55. The van der Waals surface area contributed by atoms with Crippen molar-refractivity contribution in [3.63, 3.8) is 0 Å². The molecule has 10 heavy (non-hydrogen) atoms. The van der Waals surface area contributed by atoms with Gasteiger partial charge < -0.3 is 10.1 Å². The number of hydrogen-bond donors (Lipinski definition) is 1. The number of rotatable bonds is 0. The fourth-order valence-electron chi connectivity index (χ4n) is 1.77. The summed E-state index contributed by atoms with van der Waals surface area (Å²) in [4.78, 5) is 0. The van der Waals surface area contributed by atoms with E-state index in [4.69, 9.17) is 16.3 Å². The number of ether oxygens (including phenoxy) is 1. The molecule has 0 radical (unpaired) electrons. The molecule has 0 amide bonds. The predicted octanol–water partition coefficient (Wildman–Crippen LogP) is 0.745. The molecule has 2 unspecified atom stereocenters. The van der Waals surface area contributed by atoms with Gasteiger partial charge in [-0.05, 0) is 12.8 Å². The monoisotopic (exact) mass is 161 g/mol. The van der Waals surface area contributed by atoms with Crippen molar-refractivity contribution in [2.24, 2.45) is 0 Å². The van der Waals surface area contributed by atoms with Gasteiger partial charge in [-0.3, -0.25) is 0 Å². The lowest BCUT2D eigenvalue weighted by atomic mass is 9.97. The van der Waals surface area contributed by atoms with Crippen molar-refractivity contribution < 1.29 is 4.74 Å². The first-order valence-corrected chi connectivity index (χ1v) is 4.26. The van der Waals surface area contributed by atoms with Gasteiger partial charge in [0.2, 0.25) is 0 Å². The van der Waals surface area contributed by atoms with E-state index in [1.807, 2.05) is 0 Å². The van der Waals surface area contributed by atoms with Crippen LogP contribution in [0.5, 0.6) is 0 Å². The van der Waals surface area contributed by atoms with E-state index in [1.54, 1.807) is 0 Å². The minimum Gasteiger partial charge on any atom is -0.378 e. The molecule has 2 rings (SSSR count). The molecule has 2 fully saturated rings. The molecule has 0 aliphatic carbocycles. The molecule has 2 nitrogen and oxygen atoms in total. The maximum atomic E-state index is 6.02.